The largest absolute Gasteiger partial charge is 0.463 e. The third kappa shape index (κ3) is 6.73. The van der Waals surface area contributed by atoms with Crippen LogP contribution in [0.1, 0.15) is 50.2 Å². The molecule has 1 rings (SSSR count). The average molecular weight is 326 g/mol. The lowest BCUT2D eigenvalue weighted by Gasteiger charge is -2.22. The maximum absolute atomic E-state index is 11.7. The minimum absolute atomic E-state index is 0.0444. The number of nitrogens with one attached hydrogen (secondary N) is 2. The molecule has 0 fully saturated rings. The Balaban J connectivity index is 2.47. The van der Waals surface area contributed by atoms with E-state index in [1.807, 2.05) is 27.7 Å². The SMILES string of the molecule is CCC(CNC(=O)OC(C)(C)C)NCc1ccoc1C(=O)OC. The maximum Gasteiger partial charge on any atom is 0.407 e. The Morgan fingerprint density at radius 2 is 2.04 bits per heavy atom. The summed E-state index contributed by atoms with van der Waals surface area (Å²) in [6.45, 7) is 8.32. The molecule has 23 heavy (non-hydrogen) atoms. The number of carbonyl (C=O) groups excluding carboxylic acids is 2. The third-order valence-electron chi connectivity index (χ3n) is 3.08. The van der Waals surface area contributed by atoms with Gasteiger partial charge in [0.1, 0.15) is 5.60 Å². The van der Waals surface area contributed by atoms with E-state index >= 15 is 0 Å². The molecule has 0 saturated heterocycles. The molecule has 7 heteroatoms. The molecule has 1 aromatic rings. The van der Waals surface area contributed by atoms with Crippen LogP contribution in [-0.2, 0) is 16.0 Å². The molecule has 1 heterocycles. The van der Waals surface area contributed by atoms with Crippen LogP contribution in [-0.4, -0.2) is 37.4 Å². The monoisotopic (exact) mass is 326 g/mol. The first kappa shape index (κ1) is 19.0. The van der Waals surface area contributed by atoms with Crippen molar-refractivity contribution in [3.05, 3.63) is 23.7 Å². The molecule has 0 spiro atoms. The van der Waals surface area contributed by atoms with Gasteiger partial charge in [-0.05, 0) is 33.3 Å². The van der Waals surface area contributed by atoms with E-state index in [0.29, 0.717) is 18.7 Å². The van der Waals surface area contributed by atoms with Gasteiger partial charge in [-0.2, -0.15) is 0 Å². The van der Waals surface area contributed by atoms with Gasteiger partial charge in [-0.3, -0.25) is 0 Å². The highest BCUT2D eigenvalue weighted by Crippen LogP contribution is 2.12. The van der Waals surface area contributed by atoms with E-state index in [4.69, 9.17) is 9.15 Å². The number of furan rings is 1. The maximum atomic E-state index is 11.7. The van der Waals surface area contributed by atoms with Gasteiger partial charge in [0, 0.05) is 24.7 Å². The summed E-state index contributed by atoms with van der Waals surface area (Å²) in [5.74, 6) is -0.318. The van der Waals surface area contributed by atoms with Gasteiger partial charge in [-0.25, -0.2) is 9.59 Å². The number of hydrogen-bond donors (Lipinski definition) is 2. The second-order valence-electron chi connectivity index (χ2n) is 6.14. The van der Waals surface area contributed by atoms with E-state index < -0.39 is 17.7 Å². The predicted octanol–water partition coefficient (Wildman–Crippen LogP) is 2.46. The summed E-state index contributed by atoms with van der Waals surface area (Å²) < 4.78 is 15.0. The molecule has 0 aliphatic heterocycles. The molecule has 130 valence electrons. The van der Waals surface area contributed by atoms with Gasteiger partial charge in [0.2, 0.25) is 5.76 Å². The molecule has 0 aromatic carbocycles. The standard InChI is InChI=1S/C16H26N2O5/c1-6-12(10-18-15(20)23-16(2,3)4)17-9-11-7-8-22-13(11)14(19)21-5/h7-8,12,17H,6,9-10H2,1-5H3,(H,18,20). The minimum atomic E-state index is -0.522. The van der Waals surface area contributed by atoms with Crippen molar-refractivity contribution in [1.82, 2.24) is 10.6 Å². The van der Waals surface area contributed by atoms with E-state index in [1.54, 1.807) is 6.07 Å². The van der Waals surface area contributed by atoms with E-state index in [1.165, 1.54) is 13.4 Å². The van der Waals surface area contributed by atoms with Gasteiger partial charge in [-0.1, -0.05) is 6.92 Å². The number of alkyl carbamates (subject to hydrolysis) is 1. The molecular formula is C16H26N2O5. The van der Waals surface area contributed by atoms with Crippen LogP contribution in [0.15, 0.2) is 16.7 Å². The van der Waals surface area contributed by atoms with Crippen molar-refractivity contribution >= 4 is 12.1 Å². The highest BCUT2D eigenvalue weighted by molar-refractivity contribution is 5.87. The summed E-state index contributed by atoms with van der Waals surface area (Å²) >= 11 is 0. The number of ether oxygens (including phenoxy) is 2. The number of esters is 1. The molecule has 0 saturated carbocycles. The quantitative estimate of drug-likeness (QED) is 0.748. The molecule has 0 bridgehead atoms. The molecule has 1 aromatic heterocycles. The lowest BCUT2D eigenvalue weighted by Crippen LogP contribution is -2.42. The van der Waals surface area contributed by atoms with E-state index in [9.17, 15) is 9.59 Å². The molecular weight excluding hydrogens is 300 g/mol. The fourth-order valence-electron chi connectivity index (χ4n) is 1.88. The average Bonchev–Trinajstić information content (AvgIpc) is 2.93. The number of rotatable bonds is 7. The summed E-state index contributed by atoms with van der Waals surface area (Å²) in [4.78, 5) is 23.2. The molecule has 7 nitrogen and oxygen atoms in total. The number of hydrogen-bond acceptors (Lipinski definition) is 6. The van der Waals surface area contributed by atoms with E-state index in [2.05, 4.69) is 15.4 Å². The zero-order valence-corrected chi connectivity index (χ0v) is 14.4. The number of amides is 1. The summed E-state index contributed by atoms with van der Waals surface area (Å²) in [7, 11) is 1.31. The zero-order valence-electron chi connectivity index (χ0n) is 14.4. The van der Waals surface area contributed by atoms with Crippen LogP contribution < -0.4 is 10.6 Å². The molecule has 0 aliphatic carbocycles. The Morgan fingerprint density at radius 3 is 2.61 bits per heavy atom. The van der Waals surface area contributed by atoms with Crippen molar-refractivity contribution in [3.63, 3.8) is 0 Å². The first-order chi connectivity index (χ1) is 10.8. The van der Waals surface area contributed by atoms with Crippen molar-refractivity contribution in [1.29, 1.82) is 0 Å². The van der Waals surface area contributed by atoms with Gasteiger partial charge in [-0.15, -0.1) is 0 Å². The second kappa shape index (κ2) is 8.57. The smallest absolute Gasteiger partial charge is 0.407 e. The predicted molar refractivity (Wildman–Crippen MR) is 85.2 cm³/mol. The molecule has 1 atom stereocenters. The highest BCUT2D eigenvalue weighted by Gasteiger charge is 2.18. The van der Waals surface area contributed by atoms with Crippen LogP contribution >= 0.6 is 0 Å². The lowest BCUT2D eigenvalue weighted by molar-refractivity contribution is 0.0521. The Morgan fingerprint density at radius 1 is 1.35 bits per heavy atom. The van der Waals surface area contributed by atoms with Crippen LogP contribution in [0.25, 0.3) is 0 Å². The van der Waals surface area contributed by atoms with Crippen LogP contribution in [0.3, 0.4) is 0 Å². The van der Waals surface area contributed by atoms with E-state index in [0.717, 1.165) is 6.42 Å². The lowest BCUT2D eigenvalue weighted by atomic mass is 10.2. The van der Waals surface area contributed by atoms with Crippen molar-refractivity contribution in [2.75, 3.05) is 13.7 Å². The van der Waals surface area contributed by atoms with Crippen LogP contribution in [0.4, 0.5) is 4.79 Å². The molecule has 1 unspecified atom stereocenters. The van der Waals surface area contributed by atoms with Crippen LogP contribution in [0, 0.1) is 0 Å². The number of methoxy groups -OCH3 is 1. The van der Waals surface area contributed by atoms with Crippen molar-refractivity contribution in [3.8, 4) is 0 Å². The Hall–Kier alpha value is -2.02. The van der Waals surface area contributed by atoms with Gasteiger partial charge in [0.15, 0.2) is 0 Å². The first-order valence-corrected chi connectivity index (χ1v) is 7.61. The minimum Gasteiger partial charge on any atom is -0.463 e. The summed E-state index contributed by atoms with van der Waals surface area (Å²) in [6.07, 6.45) is 1.81. The summed E-state index contributed by atoms with van der Waals surface area (Å²) in [5, 5.41) is 6.00. The zero-order chi connectivity index (χ0) is 17.5. The van der Waals surface area contributed by atoms with Crippen molar-refractivity contribution < 1.29 is 23.5 Å². The second-order valence-corrected chi connectivity index (χ2v) is 6.14. The molecule has 0 radical (unpaired) electrons. The Bertz CT molecular complexity index is 519. The van der Waals surface area contributed by atoms with Gasteiger partial charge >= 0.3 is 12.1 Å². The topological polar surface area (TPSA) is 89.8 Å². The van der Waals surface area contributed by atoms with Gasteiger partial charge < -0.3 is 24.5 Å². The van der Waals surface area contributed by atoms with Gasteiger partial charge in [0.05, 0.1) is 13.4 Å². The summed E-state index contributed by atoms with van der Waals surface area (Å²) in [5.41, 5.74) is 0.193. The summed E-state index contributed by atoms with van der Waals surface area (Å²) in [6, 6.07) is 1.76. The molecule has 1 amide bonds. The van der Waals surface area contributed by atoms with E-state index in [-0.39, 0.29) is 11.8 Å². The first-order valence-electron chi connectivity index (χ1n) is 7.61. The van der Waals surface area contributed by atoms with Gasteiger partial charge in [0.25, 0.3) is 0 Å². The number of carbonyl (C=O) groups is 2. The fraction of sp³-hybridized carbons (Fsp3) is 0.625. The van der Waals surface area contributed by atoms with Crippen LogP contribution in [0.5, 0.6) is 0 Å². The van der Waals surface area contributed by atoms with Crippen LogP contribution in [0.2, 0.25) is 0 Å². The van der Waals surface area contributed by atoms with Crippen molar-refractivity contribution in [2.45, 2.75) is 52.3 Å². The highest BCUT2D eigenvalue weighted by atomic mass is 16.6. The molecule has 0 aliphatic rings. The Labute approximate surface area is 136 Å². The fourth-order valence-corrected chi connectivity index (χ4v) is 1.88. The van der Waals surface area contributed by atoms with Crippen molar-refractivity contribution in [2.24, 2.45) is 0 Å². The normalized spacial score (nSPS) is 12.6. The Kier molecular flexibility index (Phi) is 7.09. The third-order valence-corrected chi connectivity index (χ3v) is 3.08. The molecule has 2 N–H and O–H groups in total.